The molecule has 2 aromatic carbocycles. The molecule has 0 bridgehead atoms. The van der Waals surface area contributed by atoms with Crippen LogP contribution in [0.1, 0.15) is 24.1 Å². The predicted molar refractivity (Wildman–Crippen MR) is 86.3 cm³/mol. The zero-order valence-electron chi connectivity index (χ0n) is 12.1. The number of aromatic nitrogens is 2. The maximum absolute atomic E-state index is 4.08. The maximum atomic E-state index is 4.08. The third kappa shape index (κ3) is 3.51. The van der Waals surface area contributed by atoms with Crippen molar-refractivity contribution in [1.29, 1.82) is 0 Å². The van der Waals surface area contributed by atoms with Crippen LogP contribution in [-0.2, 0) is 6.54 Å². The minimum atomic E-state index is 0.287. The Morgan fingerprint density at radius 1 is 1.10 bits per heavy atom. The highest BCUT2D eigenvalue weighted by atomic mass is 15.0. The Balaban J connectivity index is 1.71. The lowest BCUT2D eigenvalue weighted by atomic mass is 10.1. The topological polar surface area (TPSA) is 29.9 Å². The molecule has 0 fully saturated rings. The SMILES string of the molecule is CC(Nc1cccc(Cn2ccnc2)c1)c1ccccc1. The van der Waals surface area contributed by atoms with E-state index in [0.717, 1.165) is 12.2 Å². The van der Waals surface area contributed by atoms with Gasteiger partial charge in [0.2, 0.25) is 0 Å². The summed E-state index contributed by atoms with van der Waals surface area (Å²) in [5.41, 5.74) is 3.69. The molecule has 0 aliphatic rings. The summed E-state index contributed by atoms with van der Waals surface area (Å²) in [6.45, 7) is 3.02. The van der Waals surface area contributed by atoms with E-state index in [1.54, 1.807) is 6.20 Å². The molecule has 1 N–H and O–H groups in total. The lowest BCUT2D eigenvalue weighted by Gasteiger charge is -2.16. The van der Waals surface area contributed by atoms with Gasteiger partial charge in [0.1, 0.15) is 0 Å². The molecule has 21 heavy (non-hydrogen) atoms. The highest BCUT2D eigenvalue weighted by Gasteiger charge is 2.05. The normalized spacial score (nSPS) is 12.0. The second kappa shape index (κ2) is 6.27. The molecule has 0 amide bonds. The van der Waals surface area contributed by atoms with Gasteiger partial charge in [-0.15, -0.1) is 0 Å². The van der Waals surface area contributed by atoms with Gasteiger partial charge in [0, 0.05) is 30.7 Å². The molecule has 1 aromatic heterocycles. The third-order valence-corrected chi connectivity index (χ3v) is 3.53. The van der Waals surface area contributed by atoms with Crippen molar-refractivity contribution >= 4 is 5.69 Å². The first-order valence-corrected chi connectivity index (χ1v) is 7.17. The van der Waals surface area contributed by atoms with Crippen molar-refractivity contribution in [3.05, 3.63) is 84.4 Å². The van der Waals surface area contributed by atoms with Crippen molar-refractivity contribution in [2.75, 3.05) is 5.32 Å². The fraction of sp³-hybridized carbons (Fsp3) is 0.167. The van der Waals surface area contributed by atoms with E-state index in [2.05, 4.69) is 70.3 Å². The van der Waals surface area contributed by atoms with Crippen LogP contribution in [0, 0.1) is 0 Å². The molecule has 1 heterocycles. The lowest BCUT2D eigenvalue weighted by Crippen LogP contribution is -2.07. The fourth-order valence-electron chi connectivity index (χ4n) is 2.43. The molecule has 3 rings (SSSR count). The third-order valence-electron chi connectivity index (χ3n) is 3.53. The van der Waals surface area contributed by atoms with Crippen LogP contribution in [0.25, 0.3) is 0 Å². The van der Waals surface area contributed by atoms with Gasteiger partial charge in [-0.3, -0.25) is 0 Å². The molecule has 0 spiro atoms. The summed E-state index contributed by atoms with van der Waals surface area (Å²) in [6.07, 6.45) is 5.62. The quantitative estimate of drug-likeness (QED) is 0.760. The Morgan fingerprint density at radius 2 is 1.95 bits per heavy atom. The van der Waals surface area contributed by atoms with Gasteiger partial charge in [0.25, 0.3) is 0 Å². The maximum Gasteiger partial charge on any atom is 0.0949 e. The highest BCUT2D eigenvalue weighted by Crippen LogP contribution is 2.20. The zero-order chi connectivity index (χ0) is 14.5. The Morgan fingerprint density at radius 3 is 2.71 bits per heavy atom. The molecule has 1 atom stereocenters. The van der Waals surface area contributed by atoms with Gasteiger partial charge >= 0.3 is 0 Å². The van der Waals surface area contributed by atoms with E-state index in [-0.39, 0.29) is 6.04 Å². The standard InChI is InChI=1S/C18H19N3/c1-15(17-7-3-2-4-8-17)20-18-9-5-6-16(12-18)13-21-11-10-19-14-21/h2-12,14-15,20H,13H2,1H3. The number of nitrogens with one attached hydrogen (secondary N) is 1. The van der Waals surface area contributed by atoms with E-state index in [1.165, 1.54) is 11.1 Å². The molecule has 106 valence electrons. The van der Waals surface area contributed by atoms with E-state index >= 15 is 0 Å². The van der Waals surface area contributed by atoms with Crippen LogP contribution in [0.4, 0.5) is 5.69 Å². The van der Waals surface area contributed by atoms with Crippen LogP contribution in [-0.4, -0.2) is 9.55 Å². The van der Waals surface area contributed by atoms with E-state index in [1.807, 2.05) is 18.6 Å². The van der Waals surface area contributed by atoms with Gasteiger partial charge in [0.15, 0.2) is 0 Å². The van der Waals surface area contributed by atoms with Crippen molar-refractivity contribution in [2.24, 2.45) is 0 Å². The second-order valence-corrected chi connectivity index (χ2v) is 5.21. The summed E-state index contributed by atoms with van der Waals surface area (Å²) in [6, 6.07) is 19.3. The van der Waals surface area contributed by atoms with Gasteiger partial charge in [-0.2, -0.15) is 0 Å². The van der Waals surface area contributed by atoms with Crippen LogP contribution in [0.2, 0.25) is 0 Å². The van der Waals surface area contributed by atoms with E-state index in [9.17, 15) is 0 Å². The first-order valence-electron chi connectivity index (χ1n) is 7.17. The van der Waals surface area contributed by atoms with Crippen molar-refractivity contribution in [2.45, 2.75) is 19.5 Å². The van der Waals surface area contributed by atoms with E-state index in [4.69, 9.17) is 0 Å². The molecule has 0 aliphatic carbocycles. The van der Waals surface area contributed by atoms with Gasteiger partial charge < -0.3 is 9.88 Å². The molecule has 3 nitrogen and oxygen atoms in total. The number of rotatable bonds is 5. The number of imidazole rings is 1. The zero-order valence-corrected chi connectivity index (χ0v) is 12.1. The summed E-state index contributed by atoms with van der Waals surface area (Å²) in [5, 5.41) is 3.55. The molecular weight excluding hydrogens is 258 g/mol. The molecule has 3 aromatic rings. The van der Waals surface area contributed by atoms with Crippen molar-refractivity contribution in [3.63, 3.8) is 0 Å². The van der Waals surface area contributed by atoms with Crippen LogP contribution in [0.15, 0.2) is 73.3 Å². The van der Waals surface area contributed by atoms with Gasteiger partial charge in [-0.25, -0.2) is 4.98 Å². The van der Waals surface area contributed by atoms with Gasteiger partial charge in [-0.1, -0.05) is 42.5 Å². The summed E-state index contributed by atoms with van der Waals surface area (Å²) in [7, 11) is 0. The highest BCUT2D eigenvalue weighted by molar-refractivity contribution is 5.47. The summed E-state index contributed by atoms with van der Waals surface area (Å²) in [5.74, 6) is 0. The number of hydrogen-bond donors (Lipinski definition) is 1. The minimum absolute atomic E-state index is 0.287. The number of anilines is 1. The average Bonchev–Trinajstić information content (AvgIpc) is 3.01. The Labute approximate surface area is 125 Å². The number of hydrogen-bond acceptors (Lipinski definition) is 2. The van der Waals surface area contributed by atoms with Gasteiger partial charge in [0.05, 0.1) is 6.33 Å². The smallest absolute Gasteiger partial charge is 0.0949 e. The Hall–Kier alpha value is -2.55. The van der Waals surface area contributed by atoms with Crippen molar-refractivity contribution in [1.82, 2.24) is 9.55 Å². The van der Waals surface area contributed by atoms with Crippen LogP contribution < -0.4 is 5.32 Å². The molecular formula is C18H19N3. The van der Waals surface area contributed by atoms with Crippen LogP contribution >= 0.6 is 0 Å². The van der Waals surface area contributed by atoms with Crippen LogP contribution in [0.3, 0.4) is 0 Å². The predicted octanol–water partition coefficient (Wildman–Crippen LogP) is 4.10. The molecule has 1 unspecified atom stereocenters. The average molecular weight is 277 g/mol. The van der Waals surface area contributed by atoms with E-state index in [0.29, 0.717) is 0 Å². The Bertz CT molecular complexity index is 675. The molecule has 0 aliphatic heterocycles. The van der Waals surface area contributed by atoms with Crippen LogP contribution in [0.5, 0.6) is 0 Å². The second-order valence-electron chi connectivity index (χ2n) is 5.21. The monoisotopic (exact) mass is 277 g/mol. The fourth-order valence-corrected chi connectivity index (χ4v) is 2.43. The summed E-state index contributed by atoms with van der Waals surface area (Å²) < 4.78 is 2.07. The molecule has 0 saturated carbocycles. The number of nitrogens with zero attached hydrogens (tertiary/aromatic N) is 2. The molecule has 0 saturated heterocycles. The Kier molecular flexibility index (Phi) is 4.01. The molecule has 3 heteroatoms. The largest absolute Gasteiger partial charge is 0.379 e. The summed E-state index contributed by atoms with van der Waals surface area (Å²) in [4.78, 5) is 4.08. The van der Waals surface area contributed by atoms with Gasteiger partial charge in [-0.05, 0) is 30.2 Å². The number of benzene rings is 2. The minimum Gasteiger partial charge on any atom is -0.379 e. The lowest BCUT2D eigenvalue weighted by molar-refractivity contribution is 0.796. The first kappa shape index (κ1) is 13.4. The van der Waals surface area contributed by atoms with Crippen molar-refractivity contribution in [3.8, 4) is 0 Å². The molecule has 0 radical (unpaired) electrons. The van der Waals surface area contributed by atoms with E-state index < -0.39 is 0 Å². The summed E-state index contributed by atoms with van der Waals surface area (Å²) >= 11 is 0. The van der Waals surface area contributed by atoms with Crippen molar-refractivity contribution < 1.29 is 0 Å². The first-order chi connectivity index (χ1) is 10.3.